The summed E-state index contributed by atoms with van der Waals surface area (Å²) in [5.41, 5.74) is 5.92. The smallest absolute Gasteiger partial charge is 0.335 e. The summed E-state index contributed by atoms with van der Waals surface area (Å²) in [6.07, 6.45) is 9.91. The van der Waals surface area contributed by atoms with Crippen LogP contribution in [0.15, 0.2) is 56.2 Å². The number of unbranched alkanes of at least 4 members (excludes halogenated alkanes) is 3. The molecule has 1 rings (SSSR count). The Bertz CT molecular complexity index is 628. The Kier molecular flexibility index (Phi) is 18.1. The molecular formula is C25H39NO4. The van der Waals surface area contributed by atoms with Gasteiger partial charge in [0.2, 0.25) is 0 Å². The molecule has 0 aromatic heterocycles. The van der Waals surface area contributed by atoms with Crippen molar-refractivity contribution in [2.24, 2.45) is 11.1 Å². The molecular weight excluding hydrogens is 378 g/mol. The Morgan fingerprint density at radius 2 is 1.43 bits per heavy atom. The van der Waals surface area contributed by atoms with Crippen molar-refractivity contribution < 1.29 is 19.1 Å². The van der Waals surface area contributed by atoms with Crippen molar-refractivity contribution in [1.82, 2.24) is 0 Å². The highest BCUT2D eigenvalue weighted by Crippen LogP contribution is 2.22. The maximum absolute atomic E-state index is 10.8. The molecule has 0 heterocycles. The largest absolute Gasteiger partial charge is 0.463 e. The lowest BCUT2D eigenvalue weighted by atomic mass is 9.89. The summed E-state index contributed by atoms with van der Waals surface area (Å²) in [6, 6.07) is 7.05. The van der Waals surface area contributed by atoms with E-state index in [9.17, 15) is 9.59 Å². The van der Waals surface area contributed by atoms with E-state index in [1.54, 1.807) is 18.2 Å². The van der Waals surface area contributed by atoms with Crippen molar-refractivity contribution >= 4 is 18.0 Å². The van der Waals surface area contributed by atoms with Gasteiger partial charge in [-0.1, -0.05) is 78.0 Å². The molecule has 0 amide bonds. The van der Waals surface area contributed by atoms with E-state index in [1.165, 1.54) is 32.4 Å². The Morgan fingerprint density at radius 1 is 0.900 bits per heavy atom. The Morgan fingerprint density at radius 3 is 1.90 bits per heavy atom. The number of nitrogens with two attached hydrogens (primary N) is 1. The molecule has 2 N–H and O–H groups in total. The van der Waals surface area contributed by atoms with Crippen LogP contribution >= 0.6 is 0 Å². The molecule has 0 aliphatic heterocycles. The molecule has 0 spiro atoms. The van der Waals surface area contributed by atoms with Crippen LogP contribution in [0, 0.1) is 5.41 Å². The van der Waals surface area contributed by atoms with Crippen LogP contribution in [0.3, 0.4) is 0 Å². The number of rotatable bonds is 10. The van der Waals surface area contributed by atoms with E-state index < -0.39 is 5.97 Å². The average Bonchev–Trinajstić information content (AvgIpc) is 2.74. The molecule has 0 fully saturated rings. The van der Waals surface area contributed by atoms with Crippen LogP contribution in [0.1, 0.15) is 58.4 Å². The van der Waals surface area contributed by atoms with Crippen molar-refractivity contribution in [2.45, 2.75) is 52.9 Å². The lowest BCUT2D eigenvalue weighted by Gasteiger charge is -2.17. The Hall–Kier alpha value is -2.66. The van der Waals surface area contributed by atoms with E-state index in [1.807, 2.05) is 12.1 Å². The standard InChI is InChI=1S/C13H24O2.C11H10O2.CH5N/c1-5-12(14)15-11-9-7-6-8-10-13(2,3)4;1-3-9-5-7-10(8-6-9)13-11(12)4-2;1-2/h5H,1,6-11H2,2-4H3;3-8H,1-2H2;2H2,1H3. The van der Waals surface area contributed by atoms with Gasteiger partial charge in [0.25, 0.3) is 0 Å². The Balaban J connectivity index is 0. The van der Waals surface area contributed by atoms with E-state index >= 15 is 0 Å². The third-order valence-electron chi connectivity index (χ3n) is 3.73. The van der Waals surface area contributed by atoms with Crippen molar-refractivity contribution in [3.63, 3.8) is 0 Å². The molecule has 0 radical (unpaired) electrons. The predicted molar refractivity (Wildman–Crippen MR) is 126 cm³/mol. The fourth-order valence-electron chi connectivity index (χ4n) is 2.17. The molecule has 168 valence electrons. The number of hydrogen-bond acceptors (Lipinski definition) is 5. The quantitative estimate of drug-likeness (QED) is 0.228. The van der Waals surface area contributed by atoms with Gasteiger partial charge in [0, 0.05) is 12.2 Å². The van der Waals surface area contributed by atoms with Crippen LogP contribution < -0.4 is 10.5 Å². The second-order valence-corrected chi connectivity index (χ2v) is 7.49. The molecule has 0 atom stereocenters. The van der Waals surface area contributed by atoms with Crippen LogP contribution in [0.4, 0.5) is 0 Å². The highest BCUT2D eigenvalue weighted by molar-refractivity contribution is 5.83. The third-order valence-corrected chi connectivity index (χ3v) is 3.73. The van der Waals surface area contributed by atoms with Gasteiger partial charge in [-0.05, 0) is 43.0 Å². The van der Waals surface area contributed by atoms with Gasteiger partial charge in [0.05, 0.1) is 6.61 Å². The molecule has 0 unspecified atom stereocenters. The minimum Gasteiger partial charge on any atom is -0.463 e. The first-order valence-electron chi connectivity index (χ1n) is 10.2. The van der Waals surface area contributed by atoms with Crippen LogP contribution in [0.5, 0.6) is 5.75 Å². The lowest BCUT2D eigenvalue weighted by molar-refractivity contribution is -0.137. The molecule has 1 aromatic carbocycles. The average molecular weight is 418 g/mol. The van der Waals surface area contributed by atoms with E-state index in [0.29, 0.717) is 17.8 Å². The molecule has 0 saturated heterocycles. The van der Waals surface area contributed by atoms with Gasteiger partial charge in [0.15, 0.2) is 0 Å². The normalized spacial score (nSPS) is 9.63. The molecule has 1 aromatic rings. The lowest BCUT2D eigenvalue weighted by Crippen LogP contribution is -2.04. The maximum Gasteiger partial charge on any atom is 0.335 e. The molecule has 0 aliphatic carbocycles. The molecule has 5 heteroatoms. The minimum atomic E-state index is -0.452. The monoisotopic (exact) mass is 417 g/mol. The summed E-state index contributed by atoms with van der Waals surface area (Å²) in [6.45, 7) is 17.6. The fraction of sp³-hybridized carbons (Fsp3) is 0.440. The number of ether oxygens (including phenoxy) is 2. The van der Waals surface area contributed by atoms with Gasteiger partial charge >= 0.3 is 11.9 Å². The minimum absolute atomic E-state index is 0.315. The van der Waals surface area contributed by atoms with Gasteiger partial charge in [-0.15, -0.1) is 0 Å². The molecule has 0 bridgehead atoms. The first-order chi connectivity index (χ1) is 14.2. The maximum atomic E-state index is 10.8. The summed E-state index contributed by atoms with van der Waals surface area (Å²) < 4.78 is 9.75. The van der Waals surface area contributed by atoms with Crippen molar-refractivity contribution in [1.29, 1.82) is 0 Å². The zero-order valence-corrected chi connectivity index (χ0v) is 19.1. The summed E-state index contributed by atoms with van der Waals surface area (Å²) in [5.74, 6) is -0.258. The van der Waals surface area contributed by atoms with Gasteiger partial charge in [-0.25, -0.2) is 9.59 Å². The Labute approximate surface area is 182 Å². The van der Waals surface area contributed by atoms with E-state index in [0.717, 1.165) is 24.5 Å². The SMILES string of the molecule is C=CC(=O)OCCCCCCC(C)(C)C.C=CC(=O)Oc1ccc(C=C)cc1.CN. The molecule has 0 saturated carbocycles. The van der Waals surface area contributed by atoms with Gasteiger partial charge in [0.1, 0.15) is 5.75 Å². The van der Waals surface area contributed by atoms with E-state index in [2.05, 4.69) is 46.2 Å². The van der Waals surface area contributed by atoms with Gasteiger partial charge < -0.3 is 15.2 Å². The number of carbonyl (C=O) groups excluding carboxylic acids is 2. The summed E-state index contributed by atoms with van der Waals surface area (Å²) >= 11 is 0. The second-order valence-electron chi connectivity index (χ2n) is 7.49. The first-order valence-corrected chi connectivity index (χ1v) is 10.2. The third kappa shape index (κ3) is 18.7. The van der Waals surface area contributed by atoms with Crippen LogP contribution in [0.2, 0.25) is 0 Å². The van der Waals surface area contributed by atoms with Crippen molar-refractivity contribution in [3.05, 3.63) is 61.7 Å². The van der Waals surface area contributed by atoms with Gasteiger partial charge in [-0.2, -0.15) is 0 Å². The predicted octanol–water partition coefficient (Wildman–Crippen LogP) is 5.71. The molecule has 30 heavy (non-hydrogen) atoms. The van der Waals surface area contributed by atoms with Crippen molar-refractivity contribution in [3.8, 4) is 5.75 Å². The van der Waals surface area contributed by atoms with Crippen molar-refractivity contribution in [2.75, 3.05) is 13.7 Å². The first kappa shape index (κ1) is 29.5. The highest BCUT2D eigenvalue weighted by atomic mass is 16.5. The molecule has 0 aliphatic rings. The van der Waals surface area contributed by atoms with Crippen LogP contribution in [0.25, 0.3) is 6.08 Å². The number of esters is 2. The number of benzene rings is 1. The van der Waals surface area contributed by atoms with Crippen LogP contribution in [-0.2, 0) is 14.3 Å². The van der Waals surface area contributed by atoms with Crippen LogP contribution in [-0.4, -0.2) is 25.6 Å². The summed E-state index contributed by atoms with van der Waals surface area (Å²) in [4.78, 5) is 21.5. The topological polar surface area (TPSA) is 78.6 Å². The number of hydrogen-bond donors (Lipinski definition) is 1. The van der Waals surface area contributed by atoms with E-state index in [-0.39, 0.29) is 5.97 Å². The number of carbonyl (C=O) groups is 2. The zero-order chi connectivity index (χ0) is 23.4. The summed E-state index contributed by atoms with van der Waals surface area (Å²) in [7, 11) is 1.50. The summed E-state index contributed by atoms with van der Waals surface area (Å²) in [5, 5.41) is 0. The fourth-order valence-corrected chi connectivity index (χ4v) is 2.17. The molecule has 5 nitrogen and oxygen atoms in total. The highest BCUT2D eigenvalue weighted by Gasteiger charge is 2.08. The van der Waals surface area contributed by atoms with E-state index in [4.69, 9.17) is 9.47 Å². The van der Waals surface area contributed by atoms with Gasteiger partial charge in [-0.3, -0.25) is 0 Å². The second kappa shape index (κ2) is 18.4. The zero-order valence-electron chi connectivity index (χ0n) is 19.1.